The average molecular weight is 471 g/mol. The van der Waals surface area contributed by atoms with E-state index in [1.54, 1.807) is 38.1 Å². The normalized spacial score (nSPS) is 12.6. The zero-order valence-electron chi connectivity index (χ0n) is 17.9. The number of ether oxygens (including phenoxy) is 2. The SMILES string of the molecule is C[C@H](Cl)COC(=O)c1ccc(-c2ccc(-c3ccc(C(=O)OC[C@H](C)Cl)cc3)cc2)cc1. The van der Waals surface area contributed by atoms with E-state index in [9.17, 15) is 9.59 Å². The molecule has 4 nitrogen and oxygen atoms in total. The average Bonchev–Trinajstić information content (AvgIpc) is 2.81. The van der Waals surface area contributed by atoms with Crippen LogP contribution in [0, 0.1) is 0 Å². The minimum absolute atomic E-state index is 0.179. The fourth-order valence-electron chi connectivity index (χ4n) is 3.00. The molecule has 166 valence electrons. The minimum atomic E-state index is -0.385. The van der Waals surface area contributed by atoms with Gasteiger partial charge in [0.05, 0.1) is 21.9 Å². The summed E-state index contributed by atoms with van der Waals surface area (Å²) in [5.74, 6) is -0.771. The van der Waals surface area contributed by atoms with Gasteiger partial charge in [0.2, 0.25) is 0 Å². The molecule has 0 saturated heterocycles. The first-order chi connectivity index (χ1) is 15.3. The van der Waals surface area contributed by atoms with Gasteiger partial charge in [-0.2, -0.15) is 0 Å². The van der Waals surface area contributed by atoms with Crippen molar-refractivity contribution < 1.29 is 19.1 Å². The van der Waals surface area contributed by atoms with Gasteiger partial charge in [0, 0.05) is 0 Å². The highest BCUT2D eigenvalue weighted by molar-refractivity contribution is 6.20. The van der Waals surface area contributed by atoms with Crippen molar-refractivity contribution in [1.82, 2.24) is 0 Å². The molecule has 32 heavy (non-hydrogen) atoms. The van der Waals surface area contributed by atoms with Crippen LogP contribution in [0.5, 0.6) is 0 Å². The Kier molecular flexibility index (Phi) is 8.32. The molecule has 6 heteroatoms. The minimum Gasteiger partial charge on any atom is -0.461 e. The Labute approximate surface area is 198 Å². The molecule has 0 aliphatic carbocycles. The predicted molar refractivity (Wildman–Crippen MR) is 129 cm³/mol. The van der Waals surface area contributed by atoms with Crippen LogP contribution >= 0.6 is 23.2 Å². The molecule has 3 aromatic carbocycles. The van der Waals surface area contributed by atoms with Gasteiger partial charge >= 0.3 is 11.9 Å². The summed E-state index contributed by atoms with van der Waals surface area (Å²) in [4.78, 5) is 24.0. The Morgan fingerprint density at radius 1 is 0.594 bits per heavy atom. The number of rotatable bonds is 8. The fraction of sp³-hybridized carbons (Fsp3) is 0.231. The monoisotopic (exact) mass is 470 g/mol. The summed E-state index contributed by atoms with van der Waals surface area (Å²) in [6.07, 6.45) is 0. The topological polar surface area (TPSA) is 52.6 Å². The van der Waals surface area contributed by atoms with Crippen molar-refractivity contribution in [2.24, 2.45) is 0 Å². The van der Waals surface area contributed by atoms with Crippen LogP contribution in [-0.4, -0.2) is 35.9 Å². The van der Waals surface area contributed by atoms with Crippen LogP contribution in [0.15, 0.2) is 72.8 Å². The van der Waals surface area contributed by atoms with E-state index in [4.69, 9.17) is 32.7 Å². The summed E-state index contributed by atoms with van der Waals surface area (Å²) < 4.78 is 10.3. The first-order valence-electron chi connectivity index (χ1n) is 10.3. The highest BCUT2D eigenvalue weighted by atomic mass is 35.5. The van der Waals surface area contributed by atoms with E-state index in [1.807, 2.05) is 48.5 Å². The van der Waals surface area contributed by atoms with Gasteiger partial charge in [-0.15, -0.1) is 23.2 Å². The Bertz CT molecular complexity index is 954. The Balaban J connectivity index is 1.66. The van der Waals surface area contributed by atoms with Crippen molar-refractivity contribution in [3.8, 4) is 22.3 Å². The maximum atomic E-state index is 12.0. The first kappa shape index (κ1) is 23.8. The second-order valence-electron chi connectivity index (χ2n) is 7.49. The van der Waals surface area contributed by atoms with Crippen LogP contribution in [0.2, 0.25) is 0 Å². The number of hydrogen-bond donors (Lipinski definition) is 0. The molecule has 0 saturated carbocycles. The van der Waals surface area contributed by atoms with Crippen molar-refractivity contribution in [1.29, 1.82) is 0 Å². The number of esters is 2. The molecule has 0 aliphatic rings. The van der Waals surface area contributed by atoms with E-state index in [-0.39, 0.29) is 35.9 Å². The van der Waals surface area contributed by atoms with Gasteiger partial charge in [-0.3, -0.25) is 0 Å². The number of halogens is 2. The van der Waals surface area contributed by atoms with E-state index in [0.717, 1.165) is 22.3 Å². The van der Waals surface area contributed by atoms with Crippen molar-refractivity contribution in [3.05, 3.63) is 83.9 Å². The van der Waals surface area contributed by atoms with Crippen LogP contribution in [-0.2, 0) is 9.47 Å². The molecule has 0 bridgehead atoms. The molecular formula is C26H24Cl2O4. The van der Waals surface area contributed by atoms with Crippen LogP contribution in [0.4, 0.5) is 0 Å². The van der Waals surface area contributed by atoms with Crippen LogP contribution in [0.1, 0.15) is 34.6 Å². The zero-order valence-corrected chi connectivity index (χ0v) is 19.4. The predicted octanol–water partition coefficient (Wildman–Crippen LogP) is 6.59. The van der Waals surface area contributed by atoms with Crippen LogP contribution in [0.25, 0.3) is 22.3 Å². The standard InChI is InChI=1S/C26H24Cl2O4/c1-17(27)15-31-25(29)23-11-7-21(8-12-23)19-3-5-20(6-4-19)22-9-13-24(14-10-22)26(30)32-16-18(2)28/h3-14,17-18H,15-16H2,1-2H3/t17-,18-/m0/s1. The van der Waals surface area contributed by atoms with Gasteiger partial charge in [-0.1, -0.05) is 48.5 Å². The van der Waals surface area contributed by atoms with Crippen molar-refractivity contribution in [2.45, 2.75) is 24.6 Å². The molecule has 0 unspecified atom stereocenters. The molecular weight excluding hydrogens is 447 g/mol. The van der Waals surface area contributed by atoms with Gasteiger partial charge in [0.1, 0.15) is 13.2 Å². The van der Waals surface area contributed by atoms with Gasteiger partial charge in [0.15, 0.2) is 0 Å². The van der Waals surface area contributed by atoms with Gasteiger partial charge in [0.25, 0.3) is 0 Å². The molecule has 0 aromatic heterocycles. The second-order valence-corrected chi connectivity index (χ2v) is 8.98. The van der Waals surface area contributed by atoms with E-state index < -0.39 is 0 Å². The summed E-state index contributed by atoms with van der Waals surface area (Å²) in [7, 11) is 0. The van der Waals surface area contributed by atoms with Crippen LogP contribution < -0.4 is 0 Å². The number of carbonyl (C=O) groups is 2. The van der Waals surface area contributed by atoms with Crippen LogP contribution in [0.3, 0.4) is 0 Å². The maximum Gasteiger partial charge on any atom is 0.338 e. The van der Waals surface area contributed by atoms with E-state index >= 15 is 0 Å². The number of benzene rings is 3. The number of alkyl halides is 2. The summed E-state index contributed by atoms with van der Waals surface area (Å²) in [6.45, 7) is 3.90. The summed E-state index contributed by atoms with van der Waals surface area (Å²) in [5, 5.41) is -0.442. The third-order valence-corrected chi connectivity index (χ3v) is 4.93. The molecule has 2 atom stereocenters. The highest BCUT2D eigenvalue weighted by Gasteiger charge is 2.10. The lowest BCUT2D eigenvalue weighted by Crippen LogP contribution is -2.11. The zero-order chi connectivity index (χ0) is 23.1. The summed E-state index contributed by atoms with van der Waals surface area (Å²) >= 11 is 11.6. The van der Waals surface area contributed by atoms with E-state index in [1.165, 1.54) is 0 Å². The summed E-state index contributed by atoms with van der Waals surface area (Å²) in [5.41, 5.74) is 5.01. The molecule has 0 N–H and O–H groups in total. The maximum absolute atomic E-state index is 12.0. The molecule has 0 aliphatic heterocycles. The summed E-state index contributed by atoms with van der Waals surface area (Å²) in [6, 6.07) is 22.6. The van der Waals surface area contributed by atoms with E-state index in [0.29, 0.717) is 11.1 Å². The van der Waals surface area contributed by atoms with Crippen molar-refractivity contribution in [2.75, 3.05) is 13.2 Å². The molecule has 3 aromatic rings. The largest absolute Gasteiger partial charge is 0.461 e. The Morgan fingerprint density at radius 2 is 0.844 bits per heavy atom. The quantitative estimate of drug-likeness (QED) is 0.275. The molecule has 0 heterocycles. The smallest absolute Gasteiger partial charge is 0.338 e. The molecule has 3 rings (SSSR count). The number of carbonyl (C=O) groups excluding carboxylic acids is 2. The Hall–Kier alpha value is -2.82. The number of hydrogen-bond acceptors (Lipinski definition) is 4. The molecule has 0 radical (unpaired) electrons. The van der Waals surface area contributed by atoms with Crippen molar-refractivity contribution >= 4 is 35.1 Å². The van der Waals surface area contributed by atoms with Gasteiger partial charge in [-0.25, -0.2) is 9.59 Å². The Morgan fingerprint density at radius 3 is 1.09 bits per heavy atom. The molecule has 0 spiro atoms. The second kappa shape index (κ2) is 11.2. The first-order valence-corrected chi connectivity index (χ1v) is 11.1. The highest BCUT2D eigenvalue weighted by Crippen LogP contribution is 2.26. The lowest BCUT2D eigenvalue weighted by Gasteiger charge is -2.09. The van der Waals surface area contributed by atoms with Crippen molar-refractivity contribution in [3.63, 3.8) is 0 Å². The lowest BCUT2D eigenvalue weighted by atomic mass is 9.99. The van der Waals surface area contributed by atoms with E-state index in [2.05, 4.69) is 0 Å². The molecule has 0 fully saturated rings. The van der Waals surface area contributed by atoms with Gasteiger partial charge in [-0.05, 0) is 60.4 Å². The molecule has 0 amide bonds. The fourth-order valence-corrected chi connectivity index (χ4v) is 3.13. The third-order valence-electron chi connectivity index (χ3n) is 4.68. The lowest BCUT2D eigenvalue weighted by molar-refractivity contribution is 0.0499. The van der Waals surface area contributed by atoms with Gasteiger partial charge < -0.3 is 9.47 Å². The third kappa shape index (κ3) is 6.59.